The SMILES string of the molecule is CN1CCN(C(=O)C2Cc3cc([N+](=O)[O-])ccc3N3CCOCC23)CC1. The van der Waals surface area contributed by atoms with Gasteiger partial charge < -0.3 is 19.4 Å². The van der Waals surface area contributed by atoms with Gasteiger partial charge in [0.25, 0.3) is 5.69 Å². The number of non-ortho nitro benzene ring substituents is 1. The molecular formula is C18H24N4O4. The van der Waals surface area contributed by atoms with E-state index in [1.807, 2.05) is 11.0 Å². The number of ether oxygens (including phenoxy) is 1. The first-order valence-corrected chi connectivity index (χ1v) is 9.13. The second-order valence-electron chi connectivity index (χ2n) is 7.34. The molecule has 0 bridgehead atoms. The average Bonchev–Trinajstić information content (AvgIpc) is 2.67. The average molecular weight is 360 g/mol. The molecule has 0 N–H and O–H groups in total. The van der Waals surface area contributed by atoms with E-state index < -0.39 is 0 Å². The minimum Gasteiger partial charge on any atom is -0.377 e. The largest absolute Gasteiger partial charge is 0.377 e. The quantitative estimate of drug-likeness (QED) is 0.572. The van der Waals surface area contributed by atoms with Crippen LogP contribution in [0.2, 0.25) is 0 Å². The third kappa shape index (κ3) is 3.03. The second kappa shape index (κ2) is 6.85. The molecule has 26 heavy (non-hydrogen) atoms. The van der Waals surface area contributed by atoms with Crippen molar-refractivity contribution in [2.24, 2.45) is 5.92 Å². The summed E-state index contributed by atoms with van der Waals surface area (Å²) in [6.45, 7) is 5.09. The molecule has 4 rings (SSSR count). The maximum atomic E-state index is 13.2. The number of piperazine rings is 1. The Bertz CT molecular complexity index is 717. The van der Waals surface area contributed by atoms with Crippen molar-refractivity contribution in [2.75, 3.05) is 57.9 Å². The smallest absolute Gasteiger partial charge is 0.269 e. The Kier molecular flexibility index (Phi) is 4.54. The van der Waals surface area contributed by atoms with Gasteiger partial charge in [-0.2, -0.15) is 0 Å². The third-order valence-electron chi connectivity index (χ3n) is 5.79. The summed E-state index contributed by atoms with van der Waals surface area (Å²) in [7, 11) is 2.06. The van der Waals surface area contributed by atoms with Crippen molar-refractivity contribution in [1.29, 1.82) is 0 Å². The Morgan fingerprint density at radius 2 is 2.00 bits per heavy atom. The number of fused-ring (bicyclic) bond motifs is 3. The van der Waals surface area contributed by atoms with Gasteiger partial charge in [-0.15, -0.1) is 0 Å². The number of likely N-dealkylation sites (N-methyl/N-ethyl adjacent to an activating group) is 1. The Morgan fingerprint density at radius 3 is 2.73 bits per heavy atom. The molecular weight excluding hydrogens is 336 g/mol. The van der Waals surface area contributed by atoms with Gasteiger partial charge in [-0.3, -0.25) is 14.9 Å². The molecule has 0 radical (unpaired) electrons. The van der Waals surface area contributed by atoms with Crippen molar-refractivity contribution in [1.82, 2.24) is 9.80 Å². The Labute approximate surface area is 152 Å². The van der Waals surface area contributed by atoms with E-state index in [9.17, 15) is 14.9 Å². The zero-order valence-corrected chi connectivity index (χ0v) is 15.0. The molecule has 8 heteroatoms. The first-order chi connectivity index (χ1) is 12.5. The van der Waals surface area contributed by atoms with Gasteiger partial charge >= 0.3 is 0 Å². The van der Waals surface area contributed by atoms with Gasteiger partial charge in [0.2, 0.25) is 5.91 Å². The lowest BCUT2D eigenvalue weighted by Crippen LogP contribution is -2.59. The molecule has 0 aromatic heterocycles. The second-order valence-corrected chi connectivity index (χ2v) is 7.34. The van der Waals surface area contributed by atoms with Crippen LogP contribution in [0.3, 0.4) is 0 Å². The van der Waals surface area contributed by atoms with Crippen LogP contribution < -0.4 is 4.90 Å². The summed E-state index contributed by atoms with van der Waals surface area (Å²) < 4.78 is 5.67. The number of rotatable bonds is 2. The van der Waals surface area contributed by atoms with Crippen LogP contribution in [0, 0.1) is 16.0 Å². The lowest BCUT2D eigenvalue weighted by Gasteiger charge is -2.47. The normalized spacial score (nSPS) is 26.2. The number of carbonyl (C=O) groups is 1. The number of amides is 1. The summed E-state index contributed by atoms with van der Waals surface area (Å²) >= 11 is 0. The number of hydrogen-bond donors (Lipinski definition) is 0. The predicted molar refractivity (Wildman–Crippen MR) is 96.3 cm³/mol. The summed E-state index contributed by atoms with van der Waals surface area (Å²) in [4.78, 5) is 30.4. The molecule has 0 spiro atoms. The van der Waals surface area contributed by atoms with Crippen LogP contribution in [0.15, 0.2) is 18.2 Å². The van der Waals surface area contributed by atoms with Crippen molar-refractivity contribution < 1.29 is 14.5 Å². The molecule has 2 fully saturated rings. The number of nitro benzene ring substituents is 1. The Morgan fingerprint density at radius 1 is 1.23 bits per heavy atom. The van der Waals surface area contributed by atoms with Crippen LogP contribution >= 0.6 is 0 Å². The highest BCUT2D eigenvalue weighted by atomic mass is 16.6. The van der Waals surface area contributed by atoms with Gasteiger partial charge in [-0.25, -0.2) is 0 Å². The molecule has 3 heterocycles. The highest BCUT2D eigenvalue weighted by Gasteiger charge is 2.42. The van der Waals surface area contributed by atoms with Crippen molar-refractivity contribution >= 4 is 17.3 Å². The maximum absolute atomic E-state index is 13.2. The molecule has 8 nitrogen and oxygen atoms in total. The lowest BCUT2D eigenvalue weighted by atomic mass is 9.83. The molecule has 140 valence electrons. The third-order valence-corrected chi connectivity index (χ3v) is 5.79. The topological polar surface area (TPSA) is 79.2 Å². The summed E-state index contributed by atoms with van der Waals surface area (Å²) in [6, 6.07) is 5.01. The highest BCUT2D eigenvalue weighted by molar-refractivity contribution is 5.82. The van der Waals surface area contributed by atoms with Crippen LogP contribution in [0.1, 0.15) is 5.56 Å². The summed E-state index contributed by atoms with van der Waals surface area (Å²) in [5, 5.41) is 11.2. The fraction of sp³-hybridized carbons (Fsp3) is 0.611. The van der Waals surface area contributed by atoms with Gasteiger partial charge in [0.05, 0.1) is 30.1 Å². The van der Waals surface area contributed by atoms with Gasteiger partial charge in [-0.05, 0) is 25.1 Å². The lowest BCUT2D eigenvalue weighted by molar-refractivity contribution is -0.384. The minimum atomic E-state index is -0.372. The van der Waals surface area contributed by atoms with E-state index in [2.05, 4.69) is 16.8 Å². The Balaban J connectivity index is 1.64. The van der Waals surface area contributed by atoms with Gasteiger partial charge in [0.15, 0.2) is 0 Å². The highest BCUT2D eigenvalue weighted by Crippen LogP contribution is 2.38. The van der Waals surface area contributed by atoms with Gasteiger partial charge in [-0.1, -0.05) is 0 Å². The zero-order valence-electron chi connectivity index (χ0n) is 15.0. The van der Waals surface area contributed by atoms with E-state index in [4.69, 9.17) is 4.74 Å². The number of benzene rings is 1. The van der Waals surface area contributed by atoms with E-state index in [-0.39, 0.29) is 28.5 Å². The van der Waals surface area contributed by atoms with Gasteiger partial charge in [0.1, 0.15) is 0 Å². The van der Waals surface area contributed by atoms with Crippen LogP contribution in [-0.4, -0.2) is 79.7 Å². The summed E-state index contributed by atoms with van der Waals surface area (Å²) in [5.41, 5.74) is 1.98. The molecule has 2 atom stereocenters. The fourth-order valence-corrected chi connectivity index (χ4v) is 4.27. The van der Waals surface area contributed by atoms with E-state index in [0.29, 0.717) is 26.2 Å². The monoisotopic (exact) mass is 360 g/mol. The van der Waals surface area contributed by atoms with Gasteiger partial charge in [0, 0.05) is 50.5 Å². The number of hydrogen-bond acceptors (Lipinski definition) is 6. The molecule has 2 saturated heterocycles. The van der Waals surface area contributed by atoms with Crippen molar-refractivity contribution in [3.05, 3.63) is 33.9 Å². The van der Waals surface area contributed by atoms with Crippen LogP contribution in [0.25, 0.3) is 0 Å². The standard InChI is InChI=1S/C18H24N4O4/c1-19-4-6-20(7-5-19)18(23)15-11-13-10-14(22(24)25)2-3-16(13)21-8-9-26-12-17(15)21/h2-3,10,15,17H,4-9,11-12H2,1H3. The predicted octanol–water partition coefficient (Wildman–Crippen LogP) is 0.746. The fourth-order valence-electron chi connectivity index (χ4n) is 4.27. The minimum absolute atomic E-state index is 0.00450. The molecule has 3 aliphatic heterocycles. The number of morpholine rings is 1. The van der Waals surface area contributed by atoms with Crippen molar-refractivity contribution in [2.45, 2.75) is 12.5 Å². The van der Waals surface area contributed by atoms with E-state index in [1.54, 1.807) is 12.1 Å². The van der Waals surface area contributed by atoms with Crippen molar-refractivity contribution in [3.8, 4) is 0 Å². The zero-order chi connectivity index (χ0) is 18.3. The summed E-state index contributed by atoms with van der Waals surface area (Å²) in [5.74, 6) is -0.0658. The molecule has 0 saturated carbocycles. The van der Waals surface area contributed by atoms with Crippen LogP contribution in [-0.2, 0) is 16.0 Å². The first-order valence-electron chi connectivity index (χ1n) is 9.13. The first kappa shape index (κ1) is 17.2. The van der Waals surface area contributed by atoms with E-state index in [0.717, 1.165) is 37.4 Å². The Hall–Kier alpha value is -2.19. The number of carbonyl (C=O) groups excluding carboxylic acids is 1. The molecule has 1 aromatic carbocycles. The van der Waals surface area contributed by atoms with E-state index in [1.165, 1.54) is 0 Å². The maximum Gasteiger partial charge on any atom is 0.269 e. The van der Waals surface area contributed by atoms with E-state index >= 15 is 0 Å². The van der Waals surface area contributed by atoms with Crippen LogP contribution in [0.5, 0.6) is 0 Å². The van der Waals surface area contributed by atoms with Crippen molar-refractivity contribution in [3.63, 3.8) is 0 Å². The molecule has 1 aromatic rings. The molecule has 3 aliphatic rings. The number of nitrogens with zero attached hydrogens (tertiary/aromatic N) is 4. The molecule has 2 unspecified atom stereocenters. The van der Waals surface area contributed by atoms with Crippen LogP contribution in [0.4, 0.5) is 11.4 Å². The number of nitro groups is 1. The molecule has 0 aliphatic carbocycles. The molecule has 1 amide bonds. The number of anilines is 1. The summed E-state index contributed by atoms with van der Waals surface area (Å²) in [6.07, 6.45) is 0.534.